The minimum absolute atomic E-state index is 0.219. The lowest BCUT2D eigenvalue weighted by Crippen LogP contribution is -2.36. The maximum absolute atomic E-state index is 11.5. The number of hydrazine groups is 1. The van der Waals surface area contributed by atoms with E-state index in [1.807, 2.05) is 6.92 Å². The molecule has 6 nitrogen and oxygen atoms in total. The van der Waals surface area contributed by atoms with Crippen molar-refractivity contribution >= 4 is 28.8 Å². The number of carbonyl (C=O) groups is 2. The summed E-state index contributed by atoms with van der Waals surface area (Å²) in [5, 5.41) is 1.31. The van der Waals surface area contributed by atoms with E-state index in [0.717, 1.165) is 22.8 Å². The quantitative estimate of drug-likeness (QED) is 0.308. The SMILES string of the molecule is CCN=C1S/C(=C/C(=O)OC)C(=O)N1N. The largest absolute Gasteiger partial charge is 0.466 e. The molecule has 0 atom stereocenters. The number of rotatable bonds is 2. The molecule has 7 heteroatoms. The van der Waals surface area contributed by atoms with Crippen molar-refractivity contribution in [1.82, 2.24) is 5.01 Å². The maximum atomic E-state index is 11.5. The third-order valence-electron chi connectivity index (χ3n) is 1.58. The van der Waals surface area contributed by atoms with Crippen LogP contribution in [0.4, 0.5) is 0 Å². The molecule has 1 rings (SSSR count). The second kappa shape index (κ2) is 4.94. The van der Waals surface area contributed by atoms with Crippen LogP contribution in [0.3, 0.4) is 0 Å². The lowest BCUT2D eigenvalue weighted by atomic mass is 10.4. The molecule has 0 aliphatic carbocycles. The van der Waals surface area contributed by atoms with Gasteiger partial charge in [0, 0.05) is 12.6 Å². The summed E-state index contributed by atoms with van der Waals surface area (Å²) in [6.07, 6.45) is 1.10. The summed E-state index contributed by atoms with van der Waals surface area (Å²) in [4.78, 5) is 26.6. The zero-order valence-electron chi connectivity index (χ0n) is 8.39. The van der Waals surface area contributed by atoms with Gasteiger partial charge in [-0.3, -0.25) is 9.79 Å². The van der Waals surface area contributed by atoms with E-state index >= 15 is 0 Å². The van der Waals surface area contributed by atoms with Crippen LogP contribution in [0.1, 0.15) is 6.92 Å². The average molecular weight is 229 g/mol. The lowest BCUT2D eigenvalue weighted by molar-refractivity contribution is -0.135. The fourth-order valence-corrected chi connectivity index (χ4v) is 1.81. The number of esters is 1. The van der Waals surface area contributed by atoms with Gasteiger partial charge in [0.1, 0.15) is 0 Å². The molecule has 0 aromatic carbocycles. The Morgan fingerprint density at radius 1 is 1.73 bits per heavy atom. The molecule has 82 valence electrons. The van der Waals surface area contributed by atoms with Crippen LogP contribution in [-0.4, -0.2) is 35.7 Å². The highest BCUT2D eigenvalue weighted by atomic mass is 32.2. The fraction of sp³-hybridized carbons (Fsp3) is 0.375. The third kappa shape index (κ3) is 2.57. The normalized spacial score (nSPS) is 21.5. The zero-order chi connectivity index (χ0) is 11.4. The van der Waals surface area contributed by atoms with E-state index in [1.54, 1.807) is 0 Å². The van der Waals surface area contributed by atoms with Crippen LogP contribution < -0.4 is 5.84 Å². The first kappa shape index (κ1) is 11.7. The summed E-state index contributed by atoms with van der Waals surface area (Å²) in [6.45, 7) is 2.35. The highest BCUT2D eigenvalue weighted by Gasteiger charge is 2.31. The number of nitrogens with two attached hydrogens (primary N) is 1. The molecule has 1 aliphatic heterocycles. The predicted molar refractivity (Wildman–Crippen MR) is 56.7 cm³/mol. The molecule has 1 amide bonds. The van der Waals surface area contributed by atoms with Gasteiger partial charge in [0.15, 0.2) is 5.17 Å². The number of carbonyl (C=O) groups excluding carboxylic acids is 2. The Morgan fingerprint density at radius 2 is 2.40 bits per heavy atom. The minimum atomic E-state index is -0.586. The number of hydrogen-bond acceptors (Lipinski definition) is 6. The van der Waals surface area contributed by atoms with E-state index in [2.05, 4.69) is 9.73 Å². The Labute approximate surface area is 91.1 Å². The zero-order valence-corrected chi connectivity index (χ0v) is 9.21. The number of aliphatic imine (C=N–C) groups is 1. The van der Waals surface area contributed by atoms with Crippen molar-refractivity contribution in [3.05, 3.63) is 11.0 Å². The monoisotopic (exact) mass is 229 g/mol. The average Bonchev–Trinajstić information content (AvgIpc) is 2.47. The van der Waals surface area contributed by atoms with Crippen LogP contribution in [0.15, 0.2) is 16.0 Å². The van der Waals surface area contributed by atoms with Crippen LogP contribution in [0, 0.1) is 0 Å². The van der Waals surface area contributed by atoms with E-state index in [4.69, 9.17) is 5.84 Å². The van der Waals surface area contributed by atoms with E-state index in [-0.39, 0.29) is 4.91 Å². The number of hydrogen-bond donors (Lipinski definition) is 1. The van der Waals surface area contributed by atoms with Gasteiger partial charge < -0.3 is 4.74 Å². The Kier molecular flexibility index (Phi) is 3.87. The van der Waals surface area contributed by atoms with Crippen molar-refractivity contribution in [2.24, 2.45) is 10.8 Å². The topological polar surface area (TPSA) is 85.0 Å². The first-order valence-corrected chi connectivity index (χ1v) is 5.03. The number of thioether (sulfide) groups is 1. The van der Waals surface area contributed by atoms with Gasteiger partial charge in [-0.2, -0.15) is 0 Å². The molecule has 0 aromatic heterocycles. The first-order chi connectivity index (χ1) is 7.10. The smallest absolute Gasteiger partial charge is 0.331 e. The molecule has 0 spiro atoms. The van der Waals surface area contributed by atoms with Crippen LogP contribution >= 0.6 is 11.8 Å². The molecular formula is C8H11N3O3S. The number of amidine groups is 1. The summed E-state index contributed by atoms with van der Waals surface area (Å²) < 4.78 is 4.41. The highest BCUT2D eigenvalue weighted by Crippen LogP contribution is 2.28. The lowest BCUT2D eigenvalue weighted by Gasteiger charge is -2.05. The summed E-state index contributed by atoms with van der Waals surface area (Å²) in [5.74, 6) is 4.42. The van der Waals surface area contributed by atoms with Gasteiger partial charge in [-0.25, -0.2) is 15.6 Å². The van der Waals surface area contributed by atoms with E-state index in [9.17, 15) is 9.59 Å². The van der Waals surface area contributed by atoms with Gasteiger partial charge >= 0.3 is 5.97 Å². The van der Waals surface area contributed by atoms with Gasteiger partial charge in [-0.05, 0) is 18.7 Å². The molecule has 1 fully saturated rings. The van der Waals surface area contributed by atoms with Crippen LogP contribution in [-0.2, 0) is 14.3 Å². The Hall–Kier alpha value is -1.34. The van der Waals surface area contributed by atoms with Gasteiger partial charge in [-0.15, -0.1) is 0 Å². The highest BCUT2D eigenvalue weighted by molar-refractivity contribution is 8.18. The van der Waals surface area contributed by atoms with E-state index in [0.29, 0.717) is 11.7 Å². The number of methoxy groups -OCH3 is 1. The molecule has 15 heavy (non-hydrogen) atoms. The van der Waals surface area contributed by atoms with Crippen molar-refractivity contribution < 1.29 is 14.3 Å². The van der Waals surface area contributed by atoms with Crippen LogP contribution in [0.5, 0.6) is 0 Å². The summed E-state index contributed by atoms with van der Waals surface area (Å²) in [5.41, 5.74) is 0. The predicted octanol–water partition coefficient (Wildman–Crippen LogP) is -0.132. The van der Waals surface area contributed by atoms with Gasteiger partial charge in [0.25, 0.3) is 5.91 Å². The summed E-state index contributed by atoms with van der Waals surface area (Å²) in [7, 11) is 1.24. The fourth-order valence-electron chi connectivity index (χ4n) is 0.898. The molecule has 1 aliphatic rings. The van der Waals surface area contributed by atoms with Crippen LogP contribution in [0.2, 0.25) is 0 Å². The molecule has 0 bridgehead atoms. The minimum Gasteiger partial charge on any atom is -0.466 e. The van der Waals surface area contributed by atoms with E-state index in [1.165, 1.54) is 7.11 Å². The van der Waals surface area contributed by atoms with Gasteiger partial charge in [-0.1, -0.05) is 0 Å². The molecule has 0 aromatic rings. The van der Waals surface area contributed by atoms with Gasteiger partial charge in [0.2, 0.25) is 0 Å². The standard InChI is InChI=1S/C8H11N3O3S/c1-3-10-8-11(9)7(13)5(15-8)4-6(12)14-2/h4H,3,9H2,1-2H3/b5-4+,10-8?. The summed E-state index contributed by atoms with van der Waals surface area (Å²) in [6, 6.07) is 0. The second-order valence-electron chi connectivity index (χ2n) is 2.57. The Bertz CT molecular complexity index is 351. The second-order valence-corrected chi connectivity index (χ2v) is 3.57. The number of nitrogens with zero attached hydrogens (tertiary/aromatic N) is 2. The molecular weight excluding hydrogens is 218 g/mol. The third-order valence-corrected chi connectivity index (χ3v) is 2.60. The molecule has 1 heterocycles. The molecule has 0 unspecified atom stereocenters. The molecule has 0 saturated carbocycles. The van der Waals surface area contributed by atoms with Crippen LogP contribution in [0.25, 0.3) is 0 Å². The van der Waals surface area contributed by atoms with E-state index < -0.39 is 11.9 Å². The Morgan fingerprint density at radius 3 is 2.93 bits per heavy atom. The molecule has 0 radical (unpaired) electrons. The van der Waals surface area contributed by atoms with Gasteiger partial charge in [0.05, 0.1) is 12.0 Å². The number of amides is 1. The van der Waals surface area contributed by atoms with Crippen molar-refractivity contribution in [3.8, 4) is 0 Å². The van der Waals surface area contributed by atoms with Crippen molar-refractivity contribution in [2.75, 3.05) is 13.7 Å². The van der Waals surface area contributed by atoms with Crippen molar-refractivity contribution in [2.45, 2.75) is 6.92 Å². The van der Waals surface area contributed by atoms with Crippen molar-refractivity contribution in [3.63, 3.8) is 0 Å². The maximum Gasteiger partial charge on any atom is 0.331 e. The first-order valence-electron chi connectivity index (χ1n) is 4.21. The summed E-state index contributed by atoms with van der Waals surface area (Å²) >= 11 is 1.06. The Balaban J connectivity index is 2.89. The van der Waals surface area contributed by atoms with Crippen molar-refractivity contribution in [1.29, 1.82) is 0 Å². The number of ether oxygens (including phenoxy) is 1. The molecule has 1 saturated heterocycles. The molecule has 2 N–H and O–H groups in total.